The van der Waals surface area contributed by atoms with Crippen LogP contribution in [0.1, 0.15) is 28.7 Å². The number of hydrogen-bond donors (Lipinski definition) is 1. The van der Waals surface area contributed by atoms with Gasteiger partial charge in [-0.1, -0.05) is 35.6 Å². The van der Waals surface area contributed by atoms with Gasteiger partial charge in [-0.25, -0.2) is 4.68 Å². The highest BCUT2D eigenvalue weighted by atomic mass is 15.4. The van der Waals surface area contributed by atoms with E-state index >= 15 is 0 Å². The Morgan fingerprint density at radius 1 is 1.13 bits per heavy atom. The van der Waals surface area contributed by atoms with Gasteiger partial charge in [0, 0.05) is 0 Å². The summed E-state index contributed by atoms with van der Waals surface area (Å²) in [6.07, 6.45) is 5.19. The van der Waals surface area contributed by atoms with Crippen molar-refractivity contribution in [2.24, 2.45) is 5.73 Å². The van der Waals surface area contributed by atoms with Crippen molar-refractivity contribution in [1.29, 1.82) is 0 Å². The van der Waals surface area contributed by atoms with Crippen LogP contribution in [0.2, 0.25) is 0 Å². The van der Waals surface area contributed by atoms with Crippen LogP contribution >= 0.6 is 0 Å². The van der Waals surface area contributed by atoms with Crippen molar-refractivity contribution in [1.82, 2.24) is 15.0 Å². The number of aromatic nitrogens is 3. The number of aryl methyl sites for hydroxylation is 2. The van der Waals surface area contributed by atoms with Crippen LogP contribution in [0.4, 0.5) is 0 Å². The van der Waals surface area contributed by atoms with E-state index in [1.54, 1.807) is 0 Å². The summed E-state index contributed by atoms with van der Waals surface area (Å²) in [7, 11) is 0. The van der Waals surface area contributed by atoms with E-state index in [1.807, 2.05) is 22.9 Å². The van der Waals surface area contributed by atoms with Crippen LogP contribution in [0, 0.1) is 13.8 Å². The van der Waals surface area contributed by atoms with Crippen LogP contribution < -0.4 is 5.73 Å². The third-order valence-corrected chi connectivity index (χ3v) is 4.10. The second-order valence-corrected chi connectivity index (χ2v) is 5.85. The molecule has 1 heterocycles. The standard InChI is InChI=1S/C19H22N4/c1-14-11-15(2)17(12-16(14)7-5-6-10-20)13-23-19-9-4-3-8-18(19)21-22-23/h3-5,7-9,11-12H,6,10,13,20H2,1-2H3/b7-5-. The molecule has 23 heavy (non-hydrogen) atoms. The van der Waals surface area contributed by atoms with Crippen LogP contribution in [0.15, 0.2) is 42.5 Å². The van der Waals surface area contributed by atoms with E-state index in [1.165, 1.54) is 22.3 Å². The van der Waals surface area contributed by atoms with E-state index in [9.17, 15) is 0 Å². The molecule has 118 valence electrons. The smallest absolute Gasteiger partial charge is 0.113 e. The summed E-state index contributed by atoms with van der Waals surface area (Å²) in [6, 6.07) is 12.5. The SMILES string of the molecule is Cc1cc(C)c(Cn2nnc3ccccc32)cc1/C=C\CCN. The number of para-hydroxylation sites is 1. The first-order chi connectivity index (χ1) is 11.2. The second-order valence-electron chi connectivity index (χ2n) is 5.85. The lowest BCUT2D eigenvalue weighted by Crippen LogP contribution is -2.04. The van der Waals surface area contributed by atoms with Gasteiger partial charge in [-0.3, -0.25) is 0 Å². The third kappa shape index (κ3) is 3.32. The van der Waals surface area contributed by atoms with Gasteiger partial charge in [0.25, 0.3) is 0 Å². The molecule has 3 rings (SSSR count). The predicted molar refractivity (Wildman–Crippen MR) is 95.3 cm³/mol. The topological polar surface area (TPSA) is 56.7 Å². The molecule has 4 heteroatoms. The molecule has 0 saturated carbocycles. The molecular formula is C19H22N4. The van der Waals surface area contributed by atoms with Crippen molar-refractivity contribution in [3.05, 3.63) is 64.7 Å². The number of rotatable bonds is 5. The summed E-state index contributed by atoms with van der Waals surface area (Å²) < 4.78 is 1.96. The first-order valence-electron chi connectivity index (χ1n) is 7.94. The fourth-order valence-corrected chi connectivity index (χ4v) is 2.77. The molecule has 3 aromatic rings. The van der Waals surface area contributed by atoms with Crippen LogP contribution in [0.5, 0.6) is 0 Å². The molecule has 0 spiro atoms. The fraction of sp³-hybridized carbons (Fsp3) is 0.263. The minimum absolute atomic E-state index is 0.680. The highest BCUT2D eigenvalue weighted by Gasteiger charge is 2.08. The molecule has 0 amide bonds. The van der Waals surface area contributed by atoms with Gasteiger partial charge in [0.2, 0.25) is 0 Å². The Balaban J connectivity index is 1.94. The molecule has 0 radical (unpaired) electrons. The zero-order valence-electron chi connectivity index (χ0n) is 13.7. The molecular weight excluding hydrogens is 284 g/mol. The van der Waals surface area contributed by atoms with Crippen molar-refractivity contribution < 1.29 is 0 Å². The Kier molecular flexibility index (Phi) is 4.53. The highest BCUT2D eigenvalue weighted by molar-refractivity contribution is 5.74. The highest BCUT2D eigenvalue weighted by Crippen LogP contribution is 2.20. The molecule has 0 aliphatic rings. The number of hydrogen-bond acceptors (Lipinski definition) is 3. The number of benzene rings is 2. The van der Waals surface area contributed by atoms with E-state index in [0.29, 0.717) is 6.54 Å². The monoisotopic (exact) mass is 306 g/mol. The van der Waals surface area contributed by atoms with Gasteiger partial charge in [0.15, 0.2) is 0 Å². The number of nitrogens with two attached hydrogens (primary N) is 1. The summed E-state index contributed by atoms with van der Waals surface area (Å²) >= 11 is 0. The first-order valence-corrected chi connectivity index (χ1v) is 7.94. The van der Waals surface area contributed by atoms with E-state index in [0.717, 1.165) is 24.0 Å². The van der Waals surface area contributed by atoms with Crippen LogP contribution in [0.3, 0.4) is 0 Å². The summed E-state index contributed by atoms with van der Waals surface area (Å²) in [5.41, 5.74) is 12.6. The Labute approximate surface area is 136 Å². The quantitative estimate of drug-likeness (QED) is 0.785. The zero-order chi connectivity index (χ0) is 16.2. The molecule has 0 atom stereocenters. The van der Waals surface area contributed by atoms with E-state index in [4.69, 9.17) is 5.73 Å². The third-order valence-electron chi connectivity index (χ3n) is 4.10. The van der Waals surface area contributed by atoms with Crippen LogP contribution in [0.25, 0.3) is 17.1 Å². The van der Waals surface area contributed by atoms with E-state index < -0.39 is 0 Å². The minimum atomic E-state index is 0.680. The average molecular weight is 306 g/mol. The summed E-state index contributed by atoms with van der Waals surface area (Å²) in [6.45, 7) is 5.70. The molecule has 0 saturated heterocycles. The van der Waals surface area contributed by atoms with Gasteiger partial charge in [0.05, 0.1) is 12.1 Å². The van der Waals surface area contributed by atoms with Gasteiger partial charge in [-0.2, -0.15) is 0 Å². The van der Waals surface area contributed by atoms with Gasteiger partial charge < -0.3 is 5.73 Å². The van der Waals surface area contributed by atoms with Crippen LogP contribution in [-0.4, -0.2) is 21.5 Å². The molecule has 0 unspecified atom stereocenters. The number of nitrogens with zero attached hydrogens (tertiary/aromatic N) is 3. The molecule has 0 aliphatic heterocycles. The van der Waals surface area contributed by atoms with Gasteiger partial charge in [0.1, 0.15) is 5.52 Å². The van der Waals surface area contributed by atoms with Crippen molar-refractivity contribution in [3.63, 3.8) is 0 Å². The average Bonchev–Trinajstić information content (AvgIpc) is 2.95. The Bertz CT molecular complexity index is 846. The zero-order valence-corrected chi connectivity index (χ0v) is 13.7. The normalized spacial score (nSPS) is 11.6. The molecule has 2 N–H and O–H groups in total. The largest absolute Gasteiger partial charge is 0.330 e. The van der Waals surface area contributed by atoms with Crippen molar-refractivity contribution in [3.8, 4) is 0 Å². The Morgan fingerprint density at radius 3 is 2.78 bits per heavy atom. The number of fused-ring (bicyclic) bond motifs is 1. The van der Waals surface area contributed by atoms with Crippen molar-refractivity contribution >= 4 is 17.1 Å². The molecule has 2 aromatic carbocycles. The maximum Gasteiger partial charge on any atom is 0.113 e. The van der Waals surface area contributed by atoms with Crippen molar-refractivity contribution in [2.75, 3.05) is 6.54 Å². The molecule has 4 nitrogen and oxygen atoms in total. The summed E-state index contributed by atoms with van der Waals surface area (Å²) in [5.74, 6) is 0. The Hall–Kier alpha value is -2.46. The van der Waals surface area contributed by atoms with Crippen LogP contribution in [-0.2, 0) is 6.54 Å². The van der Waals surface area contributed by atoms with Gasteiger partial charge >= 0.3 is 0 Å². The lowest BCUT2D eigenvalue weighted by Gasteiger charge is -2.11. The Morgan fingerprint density at radius 2 is 1.96 bits per heavy atom. The molecule has 1 aromatic heterocycles. The molecule has 0 aliphatic carbocycles. The fourth-order valence-electron chi connectivity index (χ4n) is 2.77. The molecule has 0 bridgehead atoms. The molecule has 0 fully saturated rings. The second kappa shape index (κ2) is 6.75. The maximum absolute atomic E-state index is 5.56. The maximum atomic E-state index is 5.56. The van der Waals surface area contributed by atoms with Crippen molar-refractivity contribution in [2.45, 2.75) is 26.8 Å². The van der Waals surface area contributed by atoms with E-state index in [2.05, 4.69) is 54.5 Å². The first kappa shape index (κ1) is 15.4. The van der Waals surface area contributed by atoms with E-state index in [-0.39, 0.29) is 0 Å². The minimum Gasteiger partial charge on any atom is -0.330 e. The summed E-state index contributed by atoms with van der Waals surface area (Å²) in [5, 5.41) is 8.52. The predicted octanol–water partition coefficient (Wildman–Crippen LogP) is 3.46. The summed E-state index contributed by atoms with van der Waals surface area (Å²) in [4.78, 5) is 0. The van der Waals surface area contributed by atoms with Gasteiger partial charge in [-0.05, 0) is 67.3 Å². The lowest BCUT2D eigenvalue weighted by atomic mass is 9.99. The van der Waals surface area contributed by atoms with Gasteiger partial charge in [-0.15, -0.1) is 5.10 Å². The lowest BCUT2D eigenvalue weighted by molar-refractivity contribution is 0.667.